The van der Waals surface area contributed by atoms with Gasteiger partial charge in [0.25, 0.3) is 40.5 Å². The number of benzene rings is 5. The second-order valence-corrected chi connectivity index (χ2v) is 16.7. The standard InChI is InChI=1S/C29H22N4O14S4/c30-21-12-17(49(39,40)41)9-15-10-25(50(42,43)44)28(33(35)27(15)21)26-19-7-6-16(48(36,37)38)11-20(19)23(13-24(26)34)32-31-22-8-5-14-3-1-2-4-18(14)29(22)51(45,46)47/h1-9,11-13,34-35H,10,30H2,(H,36,37,38)(H,39,40,41)(H,42,43,44)(H,45,46,47). The molecule has 0 spiro atoms. The first-order valence-electron chi connectivity index (χ1n) is 13.9. The van der Waals surface area contributed by atoms with Crippen molar-refractivity contribution in [2.45, 2.75) is 21.1 Å². The van der Waals surface area contributed by atoms with Crippen LogP contribution in [0.1, 0.15) is 11.1 Å². The van der Waals surface area contributed by atoms with Crippen LogP contribution < -0.4 is 10.8 Å². The fourth-order valence-corrected chi connectivity index (χ4v) is 8.41. The van der Waals surface area contributed by atoms with Crippen LogP contribution in [0.3, 0.4) is 0 Å². The van der Waals surface area contributed by atoms with Crippen LogP contribution in [0.4, 0.5) is 22.7 Å². The van der Waals surface area contributed by atoms with E-state index in [2.05, 4.69) is 10.2 Å². The second kappa shape index (κ2) is 12.0. The molecule has 0 amide bonds. The average Bonchev–Trinajstić information content (AvgIpc) is 3.01. The molecule has 0 saturated carbocycles. The number of azo groups is 1. The predicted molar refractivity (Wildman–Crippen MR) is 180 cm³/mol. The van der Waals surface area contributed by atoms with Gasteiger partial charge in [0.05, 0.1) is 38.1 Å². The number of nitrogen functional groups attached to an aromatic ring is 1. The van der Waals surface area contributed by atoms with E-state index in [-0.39, 0.29) is 32.5 Å². The Bertz CT molecular complexity index is 2870. The zero-order valence-electron chi connectivity index (χ0n) is 25.1. The second-order valence-electron chi connectivity index (χ2n) is 11.0. The number of fused-ring (bicyclic) bond motifs is 3. The van der Waals surface area contributed by atoms with Crippen molar-refractivity contribution in [1.82, 2.24) is 0 Å². The maximum absolute atomic E-state index is 12.7. The smallest absolute Gasteiger partial charge is 0.297 e. The van der Waals surface area contributed by atoms with Gasteiger partial charge in [0.2, 0.25) is 0 Å². The number of nitrogens with two attached hydrogens (primary N) is 1. The number of aromatic hydroxyl groups is 1. The normalized spacial score (nSPS) is 14.5. The Morgan fingerprint density at radius 1 is 0.647 bits per heavy atom. The third kappa shape index (κ3) is 6.50. The van der Waals surface area contributed by atoms with Gasteiger partial charge in [0, 0.05) is 23.3 Å². The molecule has 0 unspecified atom stereocenters. The lowest BCUT2D eigenvalue weighted by atomic mass is 9.94. The van der Waals surface area contributed by atoms with E-state index in [1.165, 1.54) is 24.3 Å². The van der Waals surface area contributed by atoms with Gasteiger partial charge >= 0.3 is 0 Å². The van der Waals surface area contributed by atoms with Crippen molar-refractivity contribution in [3.63, 3.8) is 0 Å². The van der Waals surface area contributed by atoms with Crippen molar-refractivity contribution < 1.29 is 62.2 Å². The third-order valence-corrected chi connectivity index (χ3v) is 11.4. The molecule has 1 heterocycles. The molecule has 0 bridgehead atoms. The highest BCUT2D eigenvalue weighted by Gasteiger charge is 2.36. The number of hydroxylamine groups is 1. The molecule has 22 heteroatoms. The Hall–Kier alpha value is -5.04. The molecular formula is C29H22N4O14S4. The predicted octanol–water partition coefficient (Wildman–Crippen LogP) is 4.44. The highest BCUT2D eigenvalue weighted by molar-refractivity contribution is 7.90. The molecule has 1 aliphatic rings. The van der Waals surface area contributed by atoms with E-state index < -0.39 is 101 Å². The van der Waals surface area contributed by atoms with Gasteiger partial charge in [0.1, 0.15) is 21.2 Å². The fourth-order valence-electron chi connectivity index (χ4n) is 5.73. The largest absolute Gasteiger partial charge is 0.507 e. The van der Waals surface area contributed by atoms with Crippen LogP contribution in [-0.2, 0) is 46.9 Å². The fraction of sp³-hybridized carbons (Fsp3) is 0.0345. The Morgan fingerprint density at radius 2 is 1.29 bits per heavy atom. The highest BCUT2D eigenvalue weighted by atomic mass is 32.2. The van der Waals surface area contributed by atoms with Gasteiger partial charge in [-0.15, -0.1) is 10.2 Å². The molecule has 0 radical (unpaired) electrons. The van der Waals surface area contributed by atoms with Crippen LogP contribution in [0.5, 0.6) is 5.75 Å². The van der Waals surface area contributed by atoms with E-state index in [0.717, 1.165) is 36.4 Å². The molecule has 1 aliphatic heterocycles. The number of nitrogens with zero attached hydrogens (tertiary/aromatic N) is 3. The summed E-state index contributed by atoms with van der Waals surface area (Å²) in [5, 5.41) is 30.7. The first kappa shape index (κ1) is 35.8. The molecule has 6 rings (SSSR count). The molecule has 0 atom stereocenters. The van der Waals surface area contributed by atoms with Crippen molar-refractivity contribution in [2.24, 2.45) is 10.2 Å². The number of phenolic OH excluding ortho intramolecular Hbond substituents is 1. The summed E-state index contributed by atoms with van der Waals surface area (Å²) in [6.07, 6.45) is -0.847. The van der Waals surface area contributed by atoms with Crippen LogP contribution in [0, 0.1) is 0 Å². The lowest BCUT2D eigenvalue weighted by Gasteiger charge is -2.32. The van der Waals surface area contributed by atoms with Gasteiger partial charge < -0.3 is 10.8 Å². The Balaban J connectivity index is 1.65. The molecule has 0 fully saturated rings. The summed E-state index contributed by atoms with van der Waals surface area (Å²) >= 11 is 0. The van der Waals surface area contributed by atoms with E-state index in [9.17, 15) is 62.2 Å². The number of allylic oxidation sites excluding steroid dienone is 1. The van der Waals surface area contributed by atoms with Crippen LogP contribution in [0.15, 0.2) is 103 Å². The number of rotatable bonds is 7. The van der Waals surface area contributed by atoms with Gasteiger partial charge in [-0.05, 0) is 46.7 Å². The molecule has 18 nitrogen and oxygen atoms in total. The van der Waals surface area contributed by atoms with Crippen LogP contribution in [0.2, 0.25) is 0 Å². The number of hydrogen-bond donors (Lipinski definition) is 7. The molecule has 51 heavy (non-hydrogen) atoms. The lowest BCUT2D eigenvalue weighted by molar-refractivity contribution is 0.301. The summed E-state index contributed by atoms with van der Waals surface area (Å²) in [6, 6.07) is 13.8. The SMILES string of the molecule is Nc1cc(S(=O)(=O)O)cc2c1N(O)C(c1c(O)cc(N=Nc3ccc4ccccc4c3S(=O)(=O)O)c3cc(S(=O)(=O)O)ccc13)=C(S(=O)(=O)O)C2. The Kier molecular flexibility index (Phi) is 8.44. The summed E-state index contributed by atoms with van der Waals surface area (Å²) in [5.74, 6) is -0.878. The van der Waals surface area contributed by atoms with Crippen LogP contribution >= 0.6 is 0 Å². The highest BCUT2D eigenvalue weighted by Crippen LogP contribution is 2.48. The topological polar surface area (TPSA) is 312 Å². The molecule has 0 aliphatic carbocycles. The molecule has 0 aromatic heterocycles. The minimum Gasteiger partial charge on any atom is -0.507 e. The van der Waals surface area contributed by atoms with E-state index in [1.54, 1.807) is 12.1 Å². The summed E-state index contributed by atoms with van der Waals surface area (Å²) in [5.41, 5.74) is 2.58. The third-order valence-electron chi connectivity index (χ3n) is 7.82. The molecule has 8 N–H and O–H groups in total. The molecule has 266 valence electrons. The minimum absolute atomic E-state index is 0.0708. The zero-order chi connectivity index (χ0) is 37.4. The van der Waals surface area contributed by atoms with Gasteiger partial charge in [-0.2, -0.15) is 33.7 Å². The first-order valence-corrected chi connectivity index (χ1v) is 19.6. The Labute approximate surface area is 288 Å². The summed E-state index contributed by atoms with van der Waals surface area (Å²) < 4.78 is 138. The van der Waals surface area contributed by atoms with Gasteiger partial charge in [-0.25, -0.2) is 5.06 Å². The van der Waals surface area contributed by atoms with E-state index in [0.29, 0.717) is 5.39 Å². The maximum atomic E-state index is 12.7. The Morgan fingerprint density at radius 3 is 1.92 bits per heavy atom. The monoisotopic (exact) mass is 778 g/mol. The molecule has 5 aromatic rings. The van der Waals surface area contributed by atoms with E-state index in [1.807, 2.05) is 0 Å². The molecule has 5 aromatic carbocycles. The first-order chi connectivity index (χ1) is 23.6. The van der Waals surface area contributed by atoms with Crippen molar-refractivity contribution in [2.75, 3.05) is 10.8 Å². The van der Waals surface area contributed by atoms with Gasteiger partial charge in [-0.1, -0.05) is 36.4 Å². The van der Waals surface area contributed by atoms with Crippen LogP contribution in [0.25, 0.3) is 27.2 Å². The summed E-state index contributed by atoms with van der Waals surface area (Å²) in [7, 11) is -20.0. The van der Waals surface area contributed by atoms with Crippen molar-refractivity contribution in [3.05, 3.63) is 88.8 Å². The van der Waals surface area contributed by atoms with E-state index in [4.69, 9.17) is 5.73 Å². The quantitative estimate of drug-likeness (QED) is 0.0682. The van der Waals surface area contributed by atoms with Crippen molar-refractivity contribution >= 4 is 90.5 Å². The van der Waals surface area contributed by atoms with Crippen molar-refractivity contribution in [1.29, 1.82) is 0 Å². The zero-order valence-corrected chi connectivity index (χ0v) is 28.4. The summed E-state index contributed by atoms with van der Waals surface area (Å²) in [4.78, 5) is -3.14. The number of anilines is 2. The summed E-state index contributed by atoms with van der Waals surface area (Å²) in [6.45, 7) is 0. The van der Waals surface area contributed by atoms with Gasteiger partial charge in [-0.3, -0.25) is 23.4 Å². The average molecular weight is 779 g/mol. The van der Waals surface area contributed by atoms with E-state index >= 15 is 0 Å². The lowest BCUT2D eigenvalue weighted by Crippen LogP contribution is -2.28. The molecule has 0 saturated heterocycles. The minimum atomic E-state index is -5.31. The van der Waals surface area contributed by atoms with Crippen LogP contribution in [-0.4, -0.2) is 62.2 Å². The maximum Gasteiger partial charge on any atom is 0.297 e. The van der Waals surface area contributed by atoms with Crippen molar-refractivity contribution in [3.8, 4) is 5.75 Å². The number of hydrogen-bond acceptors (Lipinski definition) is 14. The van der Waals surface area contributed by atoms with Gasteiger partial charge in [0.15, 0.2) is 0 Å². The molecular weight excluding hydrogens is 757 g/mol. The number of phenols is 1.